The first-order valence-electron chi connectivity index (χ1n) is 19.2. The maximum absolute atomic E-state index is 15.2. The zero-order valence-electron chi connectivity index (χ0n) is 32.3. The van der Waals surface area contributed by atoms with Gasteiger partial charge in [0.05, 0.1) is 51.3 Å². The number of amides is 3. The van der Waals surface area contributed by atoms with Crippen LogP contribution in [-0.2, 0) is 26.5 Å². The lowest BCUT2D eigenvalue weighted by Crippen LogP contribution is -2.52. The second-order valence-corrected chi connectivity index (χ2v) is 20.3. The number of aliphatic hydroxyl groups is 1. The van der Waals surface area contributed by atoms with Gasteiger partial charge in [-0.25, -0.2) is 0 Å². The minimum absolute atomic E-state index is 0.0296. The van der Waals surface area contributed by atoms with E-state index in [0.717, 1.165) is 33.0 Å². The molecule has 3 amide bonds. The molecule has 8 rings (SSSR count). The van der Waals surface area contributed by atoms with Crippen molar-refractivity contribution >= 4 is 58.8 Å². The number of methoxy groups -OCH3 is 1. The summed E-state index contributed by atoms with van der Waals surface area (Å²) < 4.78 is 12.8. The summed E-state index contributed by atoms with van der Waals surface area (Å²) in [5.41, 5.74) is 2.78. The van der Waals surface area contributed by atoms with Gasteiger partial charge in [0.15, 0.2) is 5.60 Å². The van der Waals surface area contributed by atoms with Gasteiger partial charge in [-0.05, 0) is 59.0 Å². The molecule has 3 aliphatic heterocycles. The Bertz CT molecular complexity index is 2340. The summed E-state index contributed by atoms with van der Waals surface area (Å²) in [5, 5.41) is 13.1. The first kappa shape index (κ1) is 37.4. The molecule has 5 aromatic rings. The van der Waals surface area contributed by atoms with E-state index >= 15 is 4.79 Å². The molecule has 9 nitrogen and oxygen atoms in total. The molecule has 1 spiro atoms. The van der Waals surface area contributed by atoms with Crippen LogP contribution in [0.1, 0.15) is 34.8 Å². The van der Waals surface area contributed by atoms with Crippen molar-refractivity contribution < 1.29 is 29.0 Å². The van der Waals surface area contributed by atoms with Crippen molar-refractivity contribution in [2.24, 2.45) is 5.92 Å². The molecule has 0 radical (unpaired) electrons. The molecule has 10 heteroatoms. The van der Waals surface area contributed by atoms with Crippen LogP contribution < -0.4 is 19.7 Å². The van der Waals surface area contributed by atoms with Crippen LogP contribution in [-0.4, -0.2) is 68.7 Å². The number of nitrogens with zero attached hydrogens (tertiary/aromatic N) is 3. The highest BCUT2D eigenvalue weighted by molar-refractivity contribution is 6.91. The molecule has 0 aliphatic carbocycles. The summed E-state index contributed by atoms with van der Waals surface area (Å²) in [6, 6.07) is 35.3. The van der Waals surface area contributed by atoms with Crippen LogP contribution in [0.15, 0.2) is 122 Å². The predicted molar refractivity (Wildman–Crippen MR) is 223 cm³/mol. The molecule has 0 aromatic heterocycles. The van der Waals surface area contributed by atoms with Gasteiger partial charge in [-0.2, -0.15) is 0 Å². The van der Waals surface area contributed by atoms with Crippen molar-refractivity contribution in [3.63, 3.8) is 0 Å². The number of rotatable bonds is 12. The quantitative estimate of drug-likeness (QED) is 0.106. The second kappa shape index (κ2) is 14.5. The number of carbonyl (C=O) groups excluding carboxylic acids is 3. The average molecular weight is 766 g/mol. The fourth-order valence-electron chi connectivity index (χ4n) is 9.64. The molecular formula is C46H47N3O6Si. The molecule has 3 heterocycles. The van der Waals surface area contributed by atoms with Crippen molar-refractivity contribution in [1.29, 1.82) is 0 Å². The summed E-state index contributed by atoms with van der Waals surface area (Å²) in [5.74, 6) is -0.102. The molecule has 3 aliphatic rings. The zero-order valence-corrected chi connectivity index (χ0v) is 33.3. The van der Waals surface area contributed by atoms with Crippen LogP contribution in [0.2, 0.25) is 18.6 Å². The van der Waals surface area contributed by atoms with Crippen molar-refractivity contribution in [2.45, 2.75) is 50.2 Å². The Balaban J connectivity index is 1.25. The first-order valence-corrected chi connectivity index (χ1v) is 22.3. The van der Waals surface area contributed by atoms with E-state index in [4.69, 9.17) is 9.47 Å². The van der Waals surface area contributed by atoms with E-state index in [0.29, 0.717) is 29.0 Å². The number of anilines is 3. The maximum Gasteiger partial charge on any atom is 0.264 e. The van der Waals surface area contributed by atoms with Crippen molar-refractivity contribution in [2.75, 3.05) is 36.6 Å². The number of fused-ring (bicyclic) bond motifs is 2. The molecule has 1 saturated heterocycles. The standard InChI is InChI=1S/C46H47N3O6Si/c1-6-24-48-38-23-18-33(49-39-17-11-15-32-14-10-16-36(42(32)39)44(49)52)27-37(38)46(45(48)53)30(2)43(56(4,5)35-21-19-34(54-3)20-22-35)40(55-46)28-41(51)47(25-26-50)29-31-12-8-7-9-13-31/h6-23,27,30,40,43,50H,1,24-26,28-29H2,2-5H3/t30-,40+,43-,46+/m0/s1. The predicted octanol–water partition coefficient (Wildman–Crippen LogP) is 7.30. The fourth-order valence-corrected chi connectivity index (χ4v) is 13.7. The van der Waals surface area contributed by atoms with Gasteiger partial charge in [0.1, 0.15) is 5.75 Å². The average Bonchev–Trinajstić information content (AvgIpc) is 3.76. The third-order valence-corrected chi connectivity index (χ3v) is 16.6. The Morgan fingerprint density at radius 1 is 0.964 bits per heavy atom. The van der Waals surface area contributed by atoms with Gasteiger partial charge < -0.3 is 24.4 Å². The van der Waals surface area contributed by atoms with Crippen molar-refractivity contribution in [3.8, 4) is 5.75 Å². The number of aliphatic hydroxyl groups excluding tert-OH is 1. The highest BCUT2D eigenvalue weighted by Crippen LogP contribution is 2.60. The summed E-state index contributed by atoms with van der Waals surface area (Å²) >= 11 is 0. The van der Waals surface area contributed by atoms with Crippen LogP contribution in [0.3, 0.4) is 0 Å². The SMILES string of the molecule is C=CCN1C(=O)[C@]2(O[C@H](CC(=O)N(CCO)Cc3ccccc3)[C@@H]([Si](C)(C)c3ccc(OC)cc3)[C@@H]2C)c2cc(N3C(=O)c4cccc5cccc3c45)ccc21. The smallest absolute Gasteiger partial charge is 0.264 e. The highest BCUT2D eigenvalue weighted by Gasteiger charge is 2.66. The number of carbonyl (C=O) groups is 3. The van der Waals surface area contributed by atoms with Gasteiger partial charge in [-0.15, -0.1) is 6.58 Å². The topological polar surface area (TPSA) is 99.6 Å². The summed E-state index contributed by atoms with van der Waals surface area (Å²) in [6.07, 6.45) is 1.11. The maximum atomic E-state index is 15.2. The van der Waals surface area contributed by atoms with E-state index in [2.05, 4.69) is 38.7 Å². The molecule has 5 aromatic carbocycles. The van der Waals surface area contributed by atoms with E-state index in [1.54, 1.807) is 27.9 Å². The third kappa shape index (κ3) is 5.86. The molecular weight excluding hydrogens is 719 g/mol. The first-order chi connectivity index (χ1) is 27.0. The minimum atomic E-state index is -2.57. The van der Waals surface area contributed by atoms with Crippen molar-refractivity contribution in [1.82, 2.24) is 4.90 Å². The molecule has 0 saturated carbocycles. The molecule has 1 N–H and O–H groups in total. The third-order valence-electron chi connectivity index (χ3n) is 12.3. The number of benzene rings is 5. The lowest BCUT2D eigenvalue weighted by Gasteiger charge is -2.37. The van der Waals surface area contributed by atoms with Crippen molar-refractivity contribution in [3.05, 3.63) is 139 Å². The van der Waals surface area contributed by atoms with E-state index < -0.39 is 19.8 Å². The monoisotopic (exact) mass is 765 g/mol. The molecule has 0 unspecified atom stereocenters. The normalized spacial score (nSPS) is 21.3. The number of hydrogen-bond acceptors (Lipinski definition) is 6. The molecule has 56 heavy (non-hydrogen) atoms. The fraction of sp³-hybridized carbons (Fsp3) is 0.283. The van der Waals surface area contributed by atoms with E-state index in [1.165, 1.54) is 0 Å². The van der Waals surface area contributed by atoms with E-state index in [1.807, 2.05) is 97.1 Å². The number of hydrogen-bond donors (Lipinski definition) is 1. The Hall–Kier alpha value is -5.55. The van der Waals surface area contributed by atoms with Crippen LogP contribution in [0.25, 0.3) is 10.8 Å². The van der Waals surface area contributed by atoms with Gasteiger partial charge in [-0.3, -0.25) is 19.3 Å². The Morgan fingerprint density at radius 2 is 1.70 bits per heavy atom. The Labute approximate surface area is 328 Å². The summed E-state index contributed by atoms with van der Waals surface area (Å²) in [7, 11) is -0.925. The van der Waals surface area contributed by atoms with Gasteiger partial charge >= 0.3 is 0 Å². The van der Waals surface area contributed by atoms with Gasteiger partial charge in [0, 0.05) is 42.2 Å². The van der Waals surface area contributed by atoms with E-state index in [-0.39, 0.29) is 55.3 Å². The molecule has 4 atom stereocenters. The largest absolute Gasteiger partial charge is 0.497 e. The minimum Gasteiger partial charge on any atom is -0.497 e. The highest BCUT2D eigenvalue weighted by atomic mass is 28.3. The molecule has 1 fully saturated rings. The van der Waals surface area contributed by atoms with Gasteiger partial charge in [-0.1, -0.05) is 98.0 Å². The number of ether oxygens (including phenoxy) is 2. The Kier molecular flexibility index (Phi) is 9.68. The van der Waals surface area contributed by atoms with Crippen LogP contribution >= 0.6 is 0 Å². The summed E-state index contributed by atoms with van der Waals surface area (Å²) in [4.78, 5) is 48.9. The van der Waals surface area contributed by atoms with Crippen LogP contribution in [0.5, 0.6) is 5.75 Å². The molecule has 286 valence electrons. The lowest BCUT2D eigenvalue weighted by atomic mass is 9.82. The second-order valence-electron chi connectivity index (χ2n) is 15.6. The van der Waals surface area contributed by atoms with Gasteiger partial charge in [0.25, 0.3) is 11.8 Å². The van der Waals surface area contributed by atoms with Crippen LogP contribution in [0, 0.1) is 5.92 Å². The van der Waals surface area contributed by atoms with Gasteiger partial charge in [0.2, 0.25) is 5.91 Å². The Morgan fingerprint density at radius 3 is 2.39 bits per heavy atom. The van der Waals surface area contributed by atoms with Crippen LogP contribution in [0.4, 0.5) is 17.1 Å². The molecule has 0 bridgehead atoms. The zero-order chi connectivity index (χ0) is 39.4. The summed E-state index contributed by atoms with van der Waals surface area (Å²) in [6.45, 7) is 11.2. The lowest BCUT2D eigenvalue weighted by molar-refractivity contribution is -0.149. The van der Waals surface area contributed by atoms with E-state index in [9.17, 15) is 14.7 Å².